The Labute approximate surface area is 307 Å². The maximum absolute atomic E-state index is 13.3. The van der Waals surface area contributed by atoms with Gasteiger partial charge in [0.05, 0.1) is 23.8 Å². The molecule has 262 valence electrons. The molecule has 0 saturated heterocycles. The van der Waals surface area contributed by atoms with Crippen LogP contribution in [-0.4, -0.2) is 11.6 Å². The molecule has 2 aliphatic rings. The van der Waals surface area contributed by atoms with E-state index >= 15 is 0 Å². The van der Waals surface area contributed by atoms with Crippen molar-refractivity contribution in [1.82, 2.24) is 0 Å². The first-order valence-corrected chi connectivity index (χ1v) is 17.5. The first-order chi connectivity index (χ1) is 23.0. The predicted octanol–water partition coefficient (Wildman–Crippen LogP) is 13.7. The number of rotatable bonds is 5. The topological polar surface area (TPSA) is 83.6 Å². The number of hydrogen-bond acceptors (Lipinski definition) is 6. The molecule has 0 amide bonds. The van der Waals surface area contributed by atoms with Crippen molar-refractivity contribution in [2.75, 3.05) is 0 Å². The average molecular weight is 712 g/mol. The number of carbonyl (C=O) groups excluding carboxylic acids is 2. The van der Waals surface area contributed by atoms with E-state index in [1.54, 1.807) is 36.7 Å². The molecule has 0 fully saturated rings. The van der Waals surface area contributed by atoms with E-state index in [0.29, 0.717) is 32.5 Å². The zero-order valence-electron chi connectivity index (χ0n) is 31.3. The lowest BCUT2D eigenvalue weighted by molar-refractivity contribution is -0.114. The second kappa shape index (κ2) is 14.3. The van der Waals surface area contributed by atoms with Gasteiger partial charge < -0.3 is 0 Å². The van der Waals surface area contributed by atoms with Crippen molar-refractivity contribution in [3.63, 3.8) is 0 Å². The Kier molecular flexibility index (Phi) is 11.1. The van der Waals surface area contributed by atoms with Crippen molar-refractivity contribution in [3.05, 3.63) is 117 Å². The van der Waals surface area contributed by atoms with Gasteiger partial charge >= 0.3 is 0 Å². The summed E-state index contributed by atoms with van der Waals surface area (Å²) < 4.78 is 0. The van der Waals surface area contributed by atoms with Gasteiger partial charge in [0.25, 0.3) is 0 Å². The number of benzene rings is 2. The number of azo groups is 2. The summed E-state index contributed by atoms with van der Waals surface area (Å²) in [6.45, 7) is 24.4. The number of halogens is 2. The predicted molar refractivity (Wildman–Crippen MR) is 207 cm³/mol. The standard InChI is InChI=1S/C42H48Cl2N4O2/c1-39(2,3)31-17-25(18-32(37(31)49)40(4,5)6)23-45-47-27-13-15-35(43)29(21-27)30-22-28(14-16-36(30)44)48-46-24-26-19-33(41(7,8)9)38(50)34(20-26)42(10,11)12/h13-24H,1-12H3. The number of Topliss-reactive ketones (excluding diaryl/α,β-unsaturated/α-hetero) is 2. The van der Waals surface area contributed by atoms with Crippen molar-refractivity contribution in [2.45, 2.75) is 83.1 Å². The smallest absolute Gasteiger partial charge is 0.186 e. The fraction of sp³-hybridized carbons (Fsp3) is 0.381. The highest BCUT2D eigenvalue weighted by atomic mass is 35.5. The van der Waals surface area contributed by atoms with Gasteiger partial charge in [-0.1, -0.05) is 106 Å². The third-order valence-electron chi connectivity index (χ3n) is 8.40. The van der Waals surface area contributed by atoms with Crippen LogP contribution < -0.4 is 0 Å². The van der Waals surface area contributed by atoms with Crippen LogP contribution in [0.25, 0.3) is 11.1 Å². The molecule has 6 nitrogen and oxygen atoms in total. The summed E-state index contributed by atoms with van der Waals surface area (Å²) in [6, 6.07) is 10.7. The zero-order valence-corrected chi connectivity index (χ0v) is 32.8. The van der Waals surface area contributed by atoms with Crippen LogP contribution in [0.15, 0.2) is 127 Å². The summed E-state index contributed by atoms with van der Waals surface area (Å²) in [5, 5.41) is 18.6. The monoisotopic (exact) mass is 710 g/mol. The third-order valence-corrected chi connectivity index (χ3v) is 9.06. The molecule has 0 bridgehead atoms. The zero-order chi connectivity index (χ0) is 37.4. The van der Waals surface area contributed by atoms with Gasteiger partial charge in [0.15, 0.2) is 11.6 Å². The van der Waals surface area contributed by atoms with E-state index in [9.17, 15) is 9.59 Å². The van der Waals surface area contributed by atoms with Gasteiger partial charge in [-0.2, -0.15) is 20.5 Å². The van der Waals surface area contributed by atoms with Gasteiger partial charge in [-0.25, -0.2) is 0 Å². The SMILES string of the molecule is CC(C)(C)C1=CC(=CN=Nc2ccc(Cl)c(-c3cc(N=NC=C4C=C(C(C)(C)C)C(=O)C(C(C)(C)C)=C4)ccc3Cl)c2)C=C(C(C)(C)C)C1=O. The van der Waals surface area contributed by atoms with Crippen LogP contribution in [0.3, 0.4) is 0 Å². The average Bonchev–Trinajstić information content (AvgIpc) is 2.98. The molecule has 8 heteroatoms. The highest BCUT2D eigenvalue weighted by Gasteiger charge is 2.35. The molecule has 0 aromatic heterocycles. The second-order valence-electron chi connectivity index (χ2n) is 16.9. The van der Waals surface area contributed by atoms with Crippen LogP contribution >= 0.6 is 23.2 Å². The molecule has 0 N–H and O–H groups in total. The molecule has 0 heterocycles. The van der Waals surface area contributed by atoms with E-state index in [1.165, 1.54) is 0 Å². The van der Waals surface area contributed by atoms with E-state index < -0.39 is 0 Å². The van der Waals surface area contributed by atoms with Crippen molar-refractivity contribution < 1.29 is 9.59 Å². The molecule has 2 aromatic rings. The summed E-state index contributed by atoms with van der Waals surface area (Å²) in [6.07, 6.45) is 10.9. The largest absolute Gasteiger partial charge is 0.289 e. The van der Waals surface area contributed by atoms with E-state index in [1.807, 2.05) is 120 Å². The Balaban J connectivity index is 1.65. The van der Waals surface area contributed by atoms with Crippen LogP contribution in [0.5, 0.6) is 0 Å². The fourth-order valence-electron chi connectivity index (χ4n) is 5.57. The molecule has 50 heavy (non-hydrogen) atoms. The summed E-state index contributed by atoms with van der Waals surface area (Å²) in [7, 11) is 0. The lowest BCUT2D eigenvalue weighted by Crippen LogP contribution is -2.27. The Morgan fingerprint density at radius 3 is 1.02 bits per heavy atom. The van der Waals surface area contributed by atoms with Crippen molar-refractivity contribution in [1.29, 1.82) is 0 Å². The van der Waals surface area contributed by atoms with Crippen LogP contribution in [0.2, 0.25) is 10.0 Å². The van der Waals surface area contributed by atoms with Crippen LogP contribution in [-0.2, 0) is 9.59 Å². The highest BCUT2D eigenvalue weighted by molar-refractivity contribution is 6.36. The van der Waals surface area contributed by atoms with Gasteiger partial charge in [0.1, 0.15) is 0 Å². The maximum Gasteiger partial charge on any atom is 0.186 e. The number of allylic oxidation sites excluding steroid dienone is 10. The van der Waals surface area contributed by atoms with E-state index in [-0.39, 0.29) is 33.2 Å². The normalized spacial score (nSPS) is 16.5. The van der Waals surface area contributed by atoms with Gasteiger partial charge in [-0.3, -0.25) is 9.59 Å². The quantitative estimate of drug-likeness (QED) is 0.289. The minimum absolute atomic E-state index is 0.0696. The van der Waals surface area contributed by atoms with Gasteiger partial charge in [0, 0.05) is 43.5 Å². The Bertz CT molecular complexity index is 1760. The van der Waals surface area contributed by atoms with Crippen LogP contribution in [0, 0.1) is 21.7 Å². The molecule has 0 unspecified atom stereocenters. The second-order valence-corrected chi connectivity index (χ2v) is 17.7. The molecule has 4 rings (SSSR count). The van der Waals surface area contributed by atoms with Gasteiger partial charge in [-0.05, 0) is 93.5 Å². The number of nitrogens with zero attached hydrogens (tertiary/aromatic N) is 4. The third kappa shape index (κ3) is 9.21. The minimum atomic E-state index is -0.316. The maximum atomic E-state index is 13.3. The number of carbonyl (C=O) groups is 2. The fourth-order valence-corrected chi connectivity index (χ4v) is 6.01. The molecule has 0 radical (unpaired) electrons. The van der Waals surface area contributed by atoms with Crippen molar-refractivity contribution >= 4 is 46.1 Å². The number of ketones is 2. The molecule has 0 spiro atoms. The molecular formula is C42H48Cl2N4O2. The molecule has 0 aliphatic heterocycles. The van der Waals surface area contributed by atoms with Crippen LogP contribution in [0.1, 0.15) is 83.1 Å². The van der Waals surface area contributed by atoms with E-state index in [0.717, 1.165) is 33.4 Å². The lowest BCUT2D eigenvalue weighted by atomic mass is 9.72. The number of hydrogen-bond donors (Lipinski definition) is 0. The first kappa shape index (κ1) is 38.8. The van der Waals surface area contributed by atoms with Crippen LogP contribution in [0.4, 0.5) is 11.4 Å². The molecule has 2 aromatic carbocycles. The Morgan fingerprint density at radius 1 is 0.480 bits per heavy atom. The molecule has 0 saturated carbocycles. The van der Waals surface area contributed by atoms with E-state index in [2.05, 4.69) is 20.5 Å². The molecule has 2 aliphatic carbocycles. The molecular weight excluding hydrogens is 663 g/mol. The summed E-state index contributed by atoms with van der Waals surface area (Å²) in [4.78, 5) is 26.5. The Morgan fingerprint density at radius 2 is 0.760 bits per heavy atom. The summed E-state index contributed by atoms with van der Waals surface area (Å²) in [5.41, 5.74) is 5.83. The van der Waals surface area contributed by atoms with Gasteiger partial charge in [-0.15, -0.1) is 0 Å². The summed E-state index contributed by atoms with van der Waals surface area (Å²) >= 11 is 13.3. The first-order valence-electron chi connectivity index (χ1n) is 16.8. The van der Waals surface area contributed by atoms with Crippen molar-refractivity contribution in [2.24, 2.45) is 42.1 Å². The van der Waals surface area contributed by atoms with Gasteiger partial charge in [0.2, 0.25) is 0 Å². The van der Waals surface area contributed by atoms with Crippen molar-refractivity contribution in [3.8, 4) is 11.1 Å². The summed E-state index contributed by atoms with van der Waals surface area (Å²) in [5.74, 6) is 0.139. The molecule has 0 atom stereocenters. The Hall–Kier alpha value is -4.00. The minimum Gasteiger partial charge on any atom is -0.289 e. The lowest BCUT2D eigenvalue weighted by Gasteiger charge is -2.31. The highest BCUT2D eigenvalue weighted by Crippen LogP contribution is 2.41. The van der Waals surface area contributed by atoms with E-state index in [4.69, 9.17) is 23.2 Å².